The van der Waals surface area contributed by atoms with Crippen molar-refractivity contribution >= 4 is 11.8 Å². The van der Waals surface area contributed by atoms with Gasteiger partial charge in [0.05, 0.1) is 7.11 Å². The summed E-state index contributed by atoms with van der Waals surface area (Å²) in [5.41, 5.74) is 2.16. The van der Waals surface area contributed by atoms with Crippen LogP contribution in [0.5, 0.6) is 11.5 Å². The van der Waals surface area contributed by atoms with Gasteiger partial charge < -0.3 is 9.84 Å². The highest BCUT2D eigenvalue weighted by Gasteiger charge is 2.04. The van der Waals surface area contributed by atoms with Crippen LogP contribution in [0.4, 0.5) is 0 Å². The van der Waals surface area contributed by atoms with Crippen molar-refractivity contribution in [2.24, 2.45) is 0 Å². The maximum Gasteiger partial charge on any atom is 0.161 e. The number of rotatable bonds is 3. The van der Waals surface area contributed by atoms with Gasteiger partial charge in [0.15, 0.2) is 11.5 Å². The van der Waals surface area contributed by atoms with Crippen molar-refractivity contribution in [1.82, 2.24) is 0 Å². The molecule has 88 valence electrons. The summed E-state index contributed by atoms with van der Waals surface area (Å²) in [5, 5.41) is 9.55. The second-order valence-corrected chi connectivity index (χ2v) is 4.50. The van der Waals surface area contributed by atoms with Crippen molar-refractivity contribution in [3.05, 3.63) is 42.5 Å². The zero-order valence-electron chi connectivity index (χ0n) is 9.81. The first-order valence-corrected chi connectivity index (χ1v) is 6.48. The van der Waals surface area contributed by atoms with E-state index in [-0.39, 0.29) is 5.75 Å². The van der Waals surface area contributed by atoms with Crippen LogP contribution in [-0.4, -0.2) is 18.5 Å². The molecule has 0 fully saturated rings. The van der Waals surface area contributed by atoms with Gasteiger partial charge >= 0.3 is 0 Å². The third-order valence-electron chi connectivity index (χ3n) is 2.58. The predicted octanol–water partition coefficient (Wildman–Crippen LogP) is 3.79. The minimum Gasteiger partial charge on any atom is -0.504 e. The first-order chi connectivity index (χ1) is 8.24. The molecule has 2 aromatic rings. The highest BCUT2D eigenvalue weighted by molar-refractivity contribution is 7.98. The normalized spacial score (nSPS) is 10.2. The molecular weight excluding hydrogens is 232 g/mol. The van der Waals surface area contributed by atoms with Crippen molar-refractivity contribution in [3.63, 3.8) is 0 Å². The lowest BCUT2D eigenvalue weighted by atomic mass is 10.1. The molecule has 0 radical (unpaired) electrons. The Bertz CT molecular complexity index is 523. The standard InChI is InChI=1S/C14H14O2S/c1-16-14-9-11(6-7-13(14)15)10-4-3-5-12(8-10)17-2/h3-9,15H,1-2H3. The molecule has 0 spiro atoms. The van der Waals surface area contributed by atoms with E-state index in [2.05, 4.69) is 18.4 Å². The molecule has 1 N–H and O–H groups in total. The van der Waals surface area contributed by atoms with E-state index in [1.165, 1.54) is 4.90 Å². The lowest BCUT2D eigenvalue weighted by Crippen LogP contribution is -1.85. The van der Waals surface area contributed by atoms with Crippen molar-refractivity contribution in [1.29, 1.82) is 0 Å². The minimum absolute atomic E-state index is 0.164. The molecule has 2 rings (SSSR count). The van der Waals surface area contributed by atoms with Crippen LogP contribution in [0.25, 0.3) is 11.1 Å². The number of aromatic hydroxyl groups is 1. The number of hydrogen-bond acceptors (Lipinski definition) is 3. The third-order valence-corrected chi connectivity index (χ3v) is 3.31. The Hall–Kier alpha value is -1.61. The number of thioether (sulfide) groups is 1. The topological polar surface area (TPSA) is 29.5 Å². The maximum atomic E-state index is 9.55. The fourth-order valence-corrected chi connectivity index (χ4v) is 2.12. The Morgan fingerprint density at radius 1 is 1.06 bits per heavy atom. The van der Waals surface area contributed by atoms with Gasteiger partial charge in [0.25, 0.3) is 0 Å². The van der Waals surface area contributed by atoms with Crippen molar-refractivity contribution in [3.8, 4) is 22.6 Å². The zero-order valence-corrected chi connectivity index (χ0v) is 10.6. The Morgan fingerprint density at radius 3 is 2.53 bits per heavy atom. The highest BCUT2D eigenvalue weighted by Crippen LogP contribution is 2.32. The monoisotopic (exact) mass is 246 g/mol. The van der Waals surface area contributed by atoms with Crippen LogP contribution < -0.4 is 4.74 Å². The second-order valence-electron chi connectivity index (χ2n) is 3.62. The lowest BCUT2D eigenvalue weighted by molar-refractivity contribution is 0.373. The second kappa shape index (κ2) is 5.15. The molecule has 3 heteroatoms. The summed E-state index contributed by atoms with van der Waals surface area (Å²) >= 11 is 1.71. The Morgan fingerprint density at radius 2 is 1.82 bits per heavy atom. The summed E-state index contributed by atoms with van der Waals surface area (Å²) < 4.78 is 5.11. The highest BCUT2D eigenvalue weighted by atomic mass is 32.2. The van der Waals surface area contributed by atoms with Crippen molar-refractivity contribution < 1.29 is 9.84 Å². The molecule has 0 atom stereocenters. The number of hydrogen-bond donors (Lipinski definition) is 1. The number of methoxy groups -OCH3 is 1. The average Bonchev–Trinajstić information content (AvgIpc) is 2.39. The molecule has 0 aromatic heterocycles. The molecular formula is C14H14O2S. The van der Waals surface area contributed by atoms with Gasteiger partial charge in [-0.1, -0.05) is 18.2 Å². The summed E-state index contributed by atoms with van der Waals surface area (Å²) in [7, 11) is 1.55. The smallest absolute Gasteiger partial charge is 0.161 e. The quantitative estimate of drug-likeness (QED) is 0.835. The number of benzene rings is 2. The number of phenolic OH excluding ortho intramolecular Hbond substituents is 1. The molecule has 0 aliphatic rings. The Kier molecular flexibility index (Phi) is 3.59. The molecule has 0 bridgehead atoms. The van der Waals surface area contributed by atoms with Crippen molar-refractivity contribution in [2.45, 2.75) is 4.90 Å². The molecule has 2 aromatic carbocycles. The van der Waals surface area contributed by atoms with E-state index in [0.29, 0.717) is 5.75 Å². The van der Waals surface area contributed by atoms with Gasteiger partial charge in [-0.15, -0.1) is 11.8 Å². The molecule has 0 unspecified atom stereocenters. The Balaban J connectivity index is 2.45. The van der Waals surface area contributed by atoms with E-state index < -0.39 is 0 Å². The van der Waals surface area contributed by atoms with Gasteiger partial charge in [-0.2, -0.15) is 0 Å². The van der Waals surface area contributed by atoms with E-state index in [0.717, 1.165) is 11.1 Å². The largest absolute Gasteiger partial charge is 0.504 e. The van der Waals surface area contributed by atoms with Gasteiger partial charge in [0.2, 0.25) is 0 Å². The number of ether oxygens (including phenoxy) is 1. The molecule has 17 heavy (non-hydrogen) atoms. The van der Waals surface area contributed by atoms with Crippen LogP contribution in [-0.2, 0) is 0 Å². The first-order valence-electron chi connectivity index (χ1n) is 5.26. The molecule has 0 heterocycles. The Labute approximate surface area is 105 Å². The summed E-state index contributed by atoms with van der Waals surface area (Å²) in [6.45, 7) is 0. The van der Waals surface area contributed by atoms with E-state index in [4.69, 9.17) is 4.74 Å². The molecule has 0 saturated heterocycles. The summed E-state index contributed by atoms with van der Waals surface area (Å²) in [4.78, 5) is 1.22. The van der Waals surface area contributed by atoms with E-state index in [9.17, 15) is 5.11 Å². The SMILES string of the molecule is COc1cc(-c2cccc(SC)c2)ccc1O. The zero-order chi connectivity index (χ0) is 12.3. The molecule has 0 amide bonds. The maximum absolute atomic E-state index is 9.55. The van der Waals surface area contributed by atoms with Crippen molar-refractivity contribution in [2.75, 3.05) is 13.4 Å². The third kappa shape index (κ3) is 2.56. The van der Waals surface area contributed by atoms with Crippen LogP contribution in [0, 0.1) is 0 Å². The first kappa shape index (κ1) is 11.9. The lowest BCUT2D eigenvalue weighted by Gasteiger charge is -2.07. The van der Waals surface area contributed by atoms with Crippen LogP contribution in [0.2, 0.25) is 0 Å². The van der Waals surface area contributed by atoms with Gasteiger partial charge in [0.1, 0.15) is 0 Å². The van der Waals surface area contributed by atoms with Crippen LogP contribution in [0.3, 0.4) is 0 Å². The van der Waals surface area contributed by atoms with Gasteiger partial charge in [-0.05, 0) is 41.6 Å². The average molecular weight is 246 g/mol. The fourth-order valence-electron chi connectivity index (χ4n) is 1.66. The summed E-state index contributed by atoms with van der Waals surface area (Å²) in [6, 6.07) is 13.7. The predicted molar refractivity (Wildman–Crippen MR) is 71.9 cm³/mol. The summed E-state index contributed by atoms with van der Waals surface area (Å²) in [6.07, 6.45) is 2.05. The van der Waals surface area contributed by atoms with Crippen LogP contribution in [0.15, 0.2) is 47.4 Å². The van der Waals surface area contributed by atoms with Crippen LogP contribution >= 0.6 is 11.8 Å². The molecule has 2 nitrogen and oxygen atoms in total. The number of phenols is 1. The van der Waals surface area contributed by atoms with Gasteiger partial charge in [-0.25, -0.2) is 0 Å². The van der Waals surface area contributed by atoms with Gasteiger partial charge in [-0.3, -0.25) is 0 Å². The molecule has 0 saturated carbocycles. The van der Waals surface area contributed by atoms with Gasteiger partial charge in [0, 0.05) is 4.90 Å². The van der Waals surface area contributed by atoms with E-state index in [1.807, 2.05) is 24.3 Å². The summed E-state index contributed by atoms with van der Waals surface area (Å²) in [5.74, 6) is 0.661. The van der Waals surface area contributed by atoms with E-state index >= 15 is 0 Å². The molecule has 0 aliphatic heterocycles. The van der Waals surface area contributed by atoms with E-state index in [1.54, 1.807) is 24.9 Å². The minimum atomic E-state index is 0.164. The van der Waals surface area contributed by atoms with Crippen LogP contribution in [0.1, 0.15) is 0 Å². The fraction of sp³-hybridized carbons (Fsp3) is 0.143. The molecule has 0 aliphatic carbocycles.